The van der Waals surface area contributed by atoms with Gasteiger partial charge in [0, 0.05) is 5.39 Å². The Hall–Kier alpha value is -1.64. The van der Waals surface area contributed by atoms with Gasteiger partial charge in [-0.25, -0.2) is 9.97 Å². The first-order valence-electron chi connectivity index (χ1n) is 5.66. The first kappa shape index (κ1) is 10.9. The zero-order valence-corrected chi connectivity index (χ0v) is 9.77. The van der Waals surface area contributed by atoms with Crippen LogP contribution in [0, 0.1) is 5.92 Å². The van der Waals surface area contributed by atoms with E-state index in [0.717, 1.165) is 23.2 Å². The fraction of sp³-hybridized carbons (Fsp3) is 0.385. The minimum atomic E-state index is 0.556. The lowest BCUT2D eigenvalue weighted by molar-refractivity contribution is 0.587. The molecule has 0 unspecified atom stereocenters. The number of nitrogen functional groups attached to an aromatic ring is 1. The molecule has 2 N–H and O–H groups in total. The average molecular weight is 215 g/mol. The van der Waals surface area contributed by atoms with E-state index in [2.05, 4.69) is 35.9 Å². The third-order valence-electron chi connectivity index (χ3n) is 2.74. The summed E-state index contributed by atoms with van der Waals surface area (Å²) in [5.41, 5.74) is 8.03. The molecule has 2 rings (SSSR count). The lowest BCUT2D eigenvalue weighted by atomic mass is 10.0. The first-order chi connectivity index (χ1) is 7.66. The second-order valence-corrected chi connectivity index (χ2v) is 4.54. The van der Waals surface area contributed by atoms with E-state index in [1.807, 2.05) is 6.07 Å². The van der Waals surface area contributed by atoms with Gasteiger partial charge in [0.2, 0.25) is 0 Å². The first-order valence-corrected chi connectivity index (χ1v) is 5.66. The number of hydrogen-bond donors (Lipinski definition) is 1. The van der Waals surface area contributed by atoms with Crippen LogP contribution in [0.1, 0.15) is 25.8 Å². The van der Waals surface area contributed by atoms with E-state index < -0.39 is 0 Å². The Morgan fingerprint density at radius 2 is 2.06 bits per heavy atom. The van der Waals surface area contributed by atoms with Crippen LogP contribution in [0.4, 0.5) is 5.82 Å². The molecule has 1 aromatic heterocycles. The molecule has 1 heterocycles. The quantitative estimate of drug-likeness (QED) is 0.856. The maximum absolute atomic E-state index is 5.78. The lowest BCUT2D eigenvalue weighted by Crippen LogP contribution is -1.95. The fourth-order valence-electron chi connectivity index (χ4n) is 1.73. The van der Waals surface area contributed by atoms with Crippen molar-refractivity contribution in [3.8, 4) is 0 Å². The standard InChI is InChI=1S/C13H17N3/c1-9(2)3-4-10-5-6-11-12(7-10)15-8-16-13(11)14/h5-9H,3-4H2,1-2H3,(H2,14,15,16). The minimum absolute atomic E-state index is 0.556. The summed E-state index contributed by atoms with van der Waals surface area (Å²) in [6.07, 6.45) is 3.81. The number of nitrogens with two attached hydrogens (primary N) is 1. The smallest absolute Gasteiger partial charge is 0.134 e. The molecule has 0 aliphatic heterocycles. The van der Waals surface area contributed by atoms with Crippen LogP contribution in [-0.2, 0) is 6.42 Å². The summed E-state index contributed by atoms with van der Waals surface area (Å²) in [6.45, 7) is 4.47. The highest BCUT2D eigenvalue weighted by Gasteiger charge is 2.02. The zero-order chi connectivity index (χ0) is 11.5. The number of fused-ring (bicyclic) bond motifs is 1. The van der Waals surface area contributed by atoms with Crippen molar-refractivity contribution < 1.29 is 0 Å². The molecule has 16 heavy (non-hydrogen) atoms. The predicted octanol–water partition coefficient (Wildman–Crippen LogP) is 2.80. The Balaban J connectivity index is 2.30. The van der Waals surface area contributed by atoms with Gasteiger partial charge in [0.1, 0.15) is 12.1 Å². The van der Waals surface area contributed by atoms with Crippen molar-refractivity contribution in [2.45, 2.75) is 26.7 Å². The van der Waals surface area contributed by atoms with Crippen molar-refractivity contribution in [1.82, 2.24) is 9.97 Å². The minimum Gasteiger partial charge on any atom is -0.383 e. The lowest BCUT2D eigenvalue weighted by Gasteiger charge is -2.06. The SMILES string of the molecule is CC(C)CCc1ccc2c(N)ncnc2c1. The molecule has 0 spiro atoms. The van der Waals surface area contributed by atoms with E-state index in [-0.39, 0.29) is 0 Å². The number of rotatable bonds is 3. The van der Waals surface area contributed by atoms with Gasteiger partial charge in [0.25, 0.3) is 0 Å². The molecular weight excluding hydrogens is 198 g/mol. The largest absolute Gasteiger partial charge is 0.383 e. The summed E-state index contributed by atoms with van der Waals surface area (Å²) in [6, 6.07) is 6.24. The van der Waals surface area contributed by atoms with E-state index in [1.54, 1.807) is 0 Å². The summed E-state index contributed by atoms with van der Waals surface area (Å²) in [7, 11) is 0. The van der Waals surface area contributed by atoms with E-state index in [0.29, 0.717) is 5.82 Å². The fourth-order valence-corrected chi connectivity index (χ4v) is 1.73. The second-order valence-electron chi connectivity index (χ2n) is 4.54. The Morgan fingerprint density at radius 1 is 1.25 bits per heavy atom. The van der Waals surface area contributed by atoms with Gasteiger partial charge in [-0.05, 0) is 36.5 Å². The van der Waals surface area contributed by atoms with Crippen LogP contribution in [0.25, 0.3) is 10.9 Å². The number of benzene rings is 1. The maximum Gasteiger partial charge on any atom is 0.134 e. The molecule has 0 fully saturated rings. The van der Waals surface area contributed by atoms with Crippen LogP contribution in [0.5, 0.6) is 0 Å². The summed E-state index contributed by atoms with van der Waals surface area (Å²) < 4.78 is 0. The van der Waals surface area contributed by atoms with Crippen molar-refractivity contribution in [1.29, 1.82) is 0 Å². The van der Waals surface area contributed by atoms with Gasteiger partial charge in [-0.1, -0.05) is 19.9 Å². The van der Waals surface area contributed by atoms with E-state index in [9.17, 15) is 0 Å². The van der Waals surface area contributed by atoms with Gasteiger partial charge < -0.3 is 5.73 Å². The number of aromatic nitrogens is 2. The Labute approximate surface area is 95.7 Å². The molecule has 0 radical (unpaired) electrons. The number of nitrogens with zero attached hydrogens (tertiary/aromatic N) is 2. The van der Waals surface area contributed by atoms with Crippen molar-refractivity contribution in [2.75, 3.05) is 5.73 Å². The highest BCUT2D eigenvalue weighted by atomic mass is 14.9. The molecule has 0 atom stereocenters. The normalized spacial score (nSPS) is 11.2. The molecule has 0 amide bonds. The van der Waals surface area contributed by atoms with Gasteiger partial charge in [-0.2, -0.15) is 0 Å². The Morgan fingerprint density at radius 3 is 2.81 bits per heavy atom. The monoisotopic (exact) mass is 215 g/mol. The maximum atomic E-state index is 5.78. The van der Waals surface area contributed by atoms with Crippen molar-refractivity contribution >= 4 is 16.7 Å². The van der Waals surface area contributed by atoms with Crippen LogP contribution < -0.4 is 5.73 Å². The van der Waals surface area contributed by atoms with E-state index in [1.165, 1.54) is 18.3 Å². The van der Waals surface area contributed by atoms with Gasteiger partial charge >= 0.3 is 0 Å². The third-order valence-corrected chi connectivity index (χ3v) is 2.74. The van der Waals surface area contributed by atoms with Crippen LogP contribution in [0.2, 0.25) is 0 Å². The molecule has 3 nitrogen and oxygen atoms in total. The van der Waals surface area contributed by atoms with Gasteiger partial charge in [0.05, 0.1) is 5.52 Å². The number of hydrogen-bond acceptors (Lipinski definition) is 3. The summed E-state index contributed by atoms with van der Waals surface area (Å²) in [5, 5.41) is 0.941. The topological polar surface area (TPSA) is 51.8 Å². The zero-order valence-electron chi connectivity index (χ0n) is 9.77. The molecular formula is C13H17N3. The molecule has 2 aromatic rings. The van der Waals surface area contributed by atoms with Gasteiger partial charge in [-0.3, -0.25) is 0 Å². The van der Waals surface area contributed by atoms with Crippen molar-refractivity contribution in [3.05, 3.63) is 30.1 Å². The predicted molar refractivity (Wildman–Crippen MR) is 67.1 cm³/mol. The molecule has 0 bridgehead atoms. The Bertz CT molecular complexity index is 492. The molecule has 84 valence electrons. The van der Waals surface area contributed by atoms with Gasteiger partial charge in [-0.15, -0.1) is 0 Å². The molecule has 3 heteroatoms. The molecule has 0 aliphatic rings. The second kappa shape index (κ2) is 4.47. The highest BCUT2D eigenvalue weighted by Crippen LogP contribution is 2.19. The van der Waals surface area contributed by atoms with Crippen LogP contribution in [0.15, 0.2) is 24.5 Å². The summed E-state index contributed by atoms with van der Waals surface area (Å²) >= 11 is 0. The van der Waals surface area contributed by atoms with Crippen LogP contribution in [0.3, 0.4) is 0 Å². The van der Waals surface area contributed by atoms with E-state index in [4.69, 9.17) is 5.73 Å². The molecule has 0 aliphatic carbocycles. The van der Waals surface area contributed by atoms with Crippen LogP contribution in [-0.4, -0.2) is 9.97 Å². The van der Waals surface area contributed by atoms with Crippen molar-refractivity contribution in [2.24, 2.45) is 5.92 Å². The number of anilines is 1. The molecule has 0 saturated carbocycles. The number of aryl methyl sites for hydroxylation is 1. The van der Waals surface area contributed by atoms with Crippen LogP contribution >= 0.6 is 0 Å². The molecule has 0 saturated heterocycles. The summed E-state index contributed by atoms with van der Waals surface area (Å²) in [5.74, 6) is 1.28. The molecule has 1 aromatic carbocycles. The summed E-state index contributed by atoms with van der Waals surface area (Å²) in [4.78, 5) is 8.22. The third kappa shape index (κ3) is 2.30. The van der Waals surface area contributed by atoms with Crippen molar-refractivity contribution in [3.63, 3.8) is 0 Å². The van der Waals surface area contributed by atoms with Gasteiger partial charge in [0.15, 0.2) is 0 Å². The highest BCUT2D eigenvalue weighted by molar-refractivity contribution is 5.87. The average Bonchev–Trinajstić information content (AvgIpc) is 2.26. The Kier molecular flexibility index (Phi) is 3.04. The van der Waals surface area contributed by atoms with E-state index >= 15 is 0 Å².